The molecule has 45 heavy (non-hydrogen) atoms. The van der Waals surface area contributed by atoms with Crippen molar-refractivity contribution in [3.63, 3.8) is 0 Å². The minimum absolute atomic E-state index is 0. The van der Waals surface area contributed by atoms with E-state index >= 15 is 0 Å². The zero-order valence-electron chi connectivity index (χ0n) is 29.2. The van der Waals surface area contributed by atoms with Crippen molar-refractivity contribution < 1.29 is 91.9 Å². The Labute approximate surface area is 319 Å². The molecule has 1 N–H and O–H groups in total. The summed E-state index contributed by atoms with van der Waals surface area (Å²) in [5, 5.41) is 26.5. The van der Waals surface area contributed by atoms with E-state index in [2.05, 4.69) is 25.6 Å². The molecule has 254 valence electrons. The molecule has 0 aromatic rings. The van der Waals surface area contributed by atoms with Crippen molar-refractivity contribution in [1.82, 2.24) is 0 Å². The molecular formula is C33H61NNa2O8S. The van der Waals surface area contributed by atoms with Crippen molar-refractivity contribution in [2.24, 2.45) is 11.1 Å². The standard InChI is InChI=1S/C30H58O7S.C3H5NO.2Na/c1-3-5-7-9-11-13-15-17-19-21-23-25-27(28(31)32)30(29(33)34,38(35,36)37)26-24-22-20-18-16-14-12-10-8-6-4-2;1-2-3-4-5;;/h27H,3-26H2,1-2H3,(H,31,32)(H,33,34)(H,35,36,37);2H,1,3H2;;/q;;2*+1/p-2. The van der Waals surface area contributed by atoms with E-state index < -0.39 is 39.1 Å². The van der Waals surface area contributed by atoms with Crippen molar-refractivity contribution >= 4 is 22.1 Å². The molecule has 2 unspecified atom stereocenters. The van der Waals surface area contributed by atoms with Gasteiger partial charge >= 0.3 is 59.1 Å². The van der Waals surface area contributed by atoms with Crippen LogP contribution in [0.15, 0.2) is 17.8 Å². The largest absolute Gasteiger partial charge is 1.00 e. The van der Waals surface area contributed by atoms with Crippen molar-refractivity contribution in [2.75, 3.05) is 6.54 Å². The molecule has 0 aromatic heterocycles. The molecule has 0 radical (unpaired) electrons. The van der Waals surface area contributed by atoms with Crippen LogP contribution >= 0.6 is 0 Å². The van der Waals surface area contributed by atoms with Crippen LogP contribution in [0.4, 0.5) is 0 Å². The maximum atomic E-state index is 12.3. The number of hydrogen-bond acceptors (Lipinski definition) is 8. The predicted octanol–water partition coefficient (Wildman–Crippen LogP) is 1.08. The summed E-state index contributed by atoms with van der Waals surface area (Å²) in [6.07, 6.45) is 23.1. The first-order valence-electron chi connectivity index (χ1n) is 16.9. The third-order valence-corrected chi connectivity index (χ3v) is 9.68. The number of carboxylic acid groups (broad SMARTS) is 2. The van der Waals surface area contributed by atoms with Crippen LogP contribution in [0.2, 0.25) is 0 Å². The summed E-state index contributed by atoms with van der Waals surface area (Å²) in [5.74, 6) is -5.66. The Morgan fingerprint density at radius 1 is 0.711 bits per heavy atom. The molecule has 0 fully saturated rings. The van der Waals surface area contributed by atoms with Gasteiger partial charge in [-0.15, -0.1) is 6.58 Å². The van der Waals surface area contributed by atoms with Crippen molar-refractivity contribution in [2.45, 2.75) is 173 Å². The normalized spacial score (nSPS) is 12.8. The van der Waals surface area contributed by atoms with Crippen LogP contribution in [0.1, 0.15) is 168 Å². The van der Waals surface area contributed by atoms with E-state index in [4.69, 9.17) is 4.91 Å². The maximum absolute atomic E-state index is 12.3. The number of carboxylic acids is 2. The van der Waals surface area contributed by atoms with Crippen LogP contribution in [-0.2, 0) is 19.7 Å². The number of carbonyl (C=O) groups excluding carboxylic acids is 2. The molecule has 2 atom stereocenters. The second kappa shape index (κ2) is 35.5. The van der Waals surface area contributed by atoms with E-state index in [0.29, 0.717) is 19.3 Å². The van der Waals surface area contributed by atoms with Gasteiger partial charge in [-0.3, -0.25) is 4.55 Å². The number of unbranched alkanes of at least 4 members (excludes halogenated alkanes) is 20. The van der Waals surface area contributed by atoms with E-state index in [1.807, 2.05) is 0 Å². The Kier molecular flexibility index (Phi) is 41.0. The second-order valence-electron chi connectivity index (χ2n) is 11.7. The maximum Gasteiger partial charge on any atom is 1.00 e. The number of nitroso groups, excluding NO2 is 1. The average Bonchev–Trinajstić information content (AvgIpc) is 2.94. The Hall–Kier alpha value is 0.190. The Morgan fingerprint density at radius 2 is 1.04 bits per heavy atom. The molecule has 0 heterocycles. The monoisotopic (exact) mass is 677 g/mol. The van der Waals surface area contributed by atoms with Gasteiger partial charge in [0.25, 0.3) is 10.1 Å². The zero-order valence-corrected chi connectivity index (χ0v) is 34.0. The van der Waals surface area contributed by atoms with Gasteiger partial charge in [0.1, 0.15) is 4.75 Å². The number of carbonyl (C=O) groups is 2. The van der Waals surface area contributed by atoms with Gasteiger partial charge in [-0.1, -0.05) is 166 Å². The average molecular weight is 678 g/mol. The van der Waals surface area contributed by atoms with Crippen LogP contribution in [0, 0.1) is 10.8 Å². The summed E-state index contributed by atoms with van der Waals surface area (Å²) in [6.45, 7) is 7.86. The summed E-state index contributed by atoms with van der Waals surface area (Å²) >= 11 is 0. The van der Waals surface area contributed by atoms with Gasteiger partial charge in [-0.2, -0.15) is 13.3 Å². The molecule has 9 nitrogen and oxygen atoms in total. The van der Waals surface area contributed by atoms with E-state index in [-0.39, 0.29) is 78.5 Å². The first-order chi connectivity index (χ1) is 20.6. The third kappa shape index (κ3) is 26.8. The van der Waals surface area contributed by atoms with Crippen LogP contribution in [0.5, 0.6) is 0 Å². The van der Waals surface area contributed by atoms with E-state index in [0.717, 1.165) is 44.9 Å². The number of rotatable bonds is 30. The molecule has 0 aliphatic rings. The first-order valence-corrected chi connectivity index (χ1v) is 18.3. The molecule has 0 bridgehead atoms. The smallest absolute Gasteiger partial charge is 0.550 e. The van der Waals surface area contributed by atoms with Crippen molar-refractivity contribution in [1.29, 1.82) is 0 Å². The van der Waals surface area contributed by atoms with Crippen LogP contribution in [0.3, 0.4) is 0 Å². The third-order valence-electron chi connectivity index (χ3n) is 8.10. The first kappa shape index (κ1) is 52.0. The molecule has 0 amide bonds. The van der Waals surface area contributed by atoms with Gasteiger partial charge in [-0.05, 0) is 12.8 Å². The van der Waals surface area contributed by atoms with Crippen LogP contribution in [-0.4, -0.2) is 36.2 Å². The summed E-state index contributed by atoms with van der Waals surface area (Å²) in [6, 6.07) is 0. The Bertz CT molecular complexity index is 824. The van der Waals surface area contributed by atoms with Gasteiger partial charge in [0.2, 0.25) is 0 Å². The van der Waals surface area contributed by atoms with Crippen molar-refractivity contribution in [3.8, 4) is 0 Å². The molecule has 0 rings (SSSR count). The predicted molar refractivity (Wildman–Crippen MR) is 171 cm³/mol. The Balaban J connectivity index is -0.00000110. The number of hydrogen-bond donors (Lipinski definition) is 1. The summed E-state index contributed by atoms with van der Waals surface area (Å²) in [4.78, 5) is 33.1. The quantitative estimate of drug-likeness (QED) is 0.0388. The van der Waals surface area contributed by atoms with Crippen molar-refractivity contribution in [3.05, 3.63) is 17.6 Å². The van der Waals surface area contributed by atoms with Gasteiger partial charge in [-0.25, -0.2) is 0 Å². The van der Waals surface area contributed by atoms with Gasteiger partial charge in [0, 0.05) is 11.9 Å². The van der Waals surface area contributed by atoms with Gasteiger partial charge in [0.15, 0.2) is 0 Å². The molecule has 0 aromatic carbocycles. The van der Waals surface area contributed by atoms with Crippen LogP contribution in [0.25, 0.3) is 0 Å². The summed E-state index contributed by atoms with van der Waals surface area (Å²) in [7, 11) is -5.23. The fraction of sp³-hybridized carbons (Fsp3) is 0.879. The molecule has 0 spiro atoms. The minimum atomic E-state index is -5.23. The summed E-state index contributed by atoms with van der Waals surface area (Å²) < 4.78 is 31.6. The minimum Gasteiger partial charge on any atom is -0.550 e. The molecule has 0 saturated heterocycles. The van der Waals surface area contributed by atoms with Gasteiger partial charge < -0.3 is 19.8 Å². The number of nitrogens with zero attached hydrogens (tertiary/aromatic N) is 1. The molecule has 0 aliphatic carbocycles. The van der Waals surface area contributed by atoms with E-state index in [1.165, 1.54) is 76.7 Å². The summed E-state index contributed by atoms with van der Waals surface area (Å²) in [5.41, 5.74) is 0. The van der Waals surface area contributed by atoms with E-state index in [9.17, 15) is 32.8 Å². The number of aliphatic carboxylic acids is 2. The molecule has 0 saturated carbocycles. The second-order valence-corrected chi connectivity index (χ2v) is 13.4. The molecular weight excluding hydrogens is 616 g/mol. The fourth-order valence-corrected chi connectivity index (χ4v) is 6.68. The topological polar surface area (TPSA) is 164 Å². The SMILES string of the molecule is C=CCN=O.CCCCCCCCCCCCCC(C(=O)[O-])C(CCCCCCCCCCCCC)(C(=O)[O-])S(=O)(=O)O.[Na+].[Na+]. The van der Waals surface area contributed by atoms with Gasteiger partial charge in [0.05, 0.1) is 12.5 Å². The fourth-order valence-electron chi connectivity index (χ4n) is 5.49. The van der Waals surface area contributed by atoms with E-state index in [1.54, 1.807) is 0 Å². The zero-order chi connectivity index (χ0) is 32.8. The molecule has 0 aliphatic heterocycles. The Morgan fingerprint density at radius 3 is 1.29 bits per heavy atom. The van der Waals surface area contributed by atoms with Crippen LogP contribution < -0.4 is 69.3 Å². The molecule has 12 heteroatoms.